The van der Waals surface area contributed by atoms with Gasteiger partial charge in [0.1, 0.15) is 18.8 Å². The van der Waals surface area contributed by atoms with E-state index >= 15 is 0 Å². The van der Waals surface area contributed by atoms with Crippen LogP contribution in [-0.4, -0.2) is 89.2 Å². The van der Waals surface area contributed by atoms with E-state index in [1.165, 1.54) is 0 Å². The zero-order valence-corrected chi connectivity index (χ0v) is 46.5. The molecule has 1 fully saturated rings. The molecular weight excluding hydrogens is 949 g/mol. The summed E-state index contributed by atoms with van der Waals surface area (Å²) >= 11 is 0. The number of aliphatic carboxylic acids is 1. The Labute approximate surface area is 453 Å². The standard InChI is InChI=1S/C63H100O12/c1-4-7-10-13-16-19-22-25-27-28-30-32-34-37-40-43-46-49-55(64)71-52-54(73-56(65)50-47-44-41-38-35-31-24-21-18-15-12-9-6-3)53-72-63-61(59(68)58(67)60(75-63)62(69)70)74-57(66)51-48-45-42-39-36-33-29-26-23-20-17-14-11-8-5-2/h7-8,10-12,15-17,19-21,24-27,29-30,32,54,58-61,63,67-68H,4-6,9,13-14,18,22-23,28,31,33-53H2,1-3H3,(H,69,70)/b10-7-,11-8-,15-12-,19-16-,20-17-,24-21-,27-25-,29-26-,32-30-. The summed E-state index contributed by atoms with van der Waals surface area (Å²) in [7, 11) is 0. The van der Waals surface area contributed by atoms with E-state index in [1.807, 2.05) is 0 Å². The summed E-state index contributed by atoms with van der Waals surface area (Å²) in [5.74, 6) is -3.21. The fourth-order valence-corrected chi connectivity index (χ4v) is 7.94. The van der Waals surface area contributed by atoms with Gasteiger partial charge in [-0.3, -0.25) is 14.4 Å². The maximum atomic E-state index is 13.1. The fourth-order valence-electron chi connectivity index (χ4n) is 7.94. The quantitative estimate of drug-likeness (QED) is 0.0228. The second-order valence-corrected chi connectivity index (χ2v) is 19.2. The molecule has 6 unspecified atom stereocenters. The van der Waals surface area contributed by atoms with Gasteiger partial charge in [-0.15, -0.1) is 0 Å². The van der Waals surface area contributed by atoms with Crippen molar-refractivity contribution in [1.29, 1.82) is 0 Å². The van der Waals surface area contributed by atoms with E-state index in [4.69, 9.17) is 23.7 Å². The van der Waals surface area contributed by atoms with E-state index < -0.39 is 67.3 Å². The summed E-state index contributed by atoms with van der Waals surface area (Å²) in [5.41, 5.74) is 0. The first kappa shape index (κ1) is 68.4. The molecule has 3 N–H and O–H groups in total. The van der Waals surface area contributed by atoms with Crippen LogP contribution in [0.3, 0.4) is 0 Å². The minimum absolute atomic E-state index is 0.0314. The number of aliphatic hydroxyl groups excluding tert-OH is 2. The number of aliphatic hydroxyl groups is 2. The van der Waals surface area contributed by atoms with Crippen molar-refractivity contribution >= 4 is 23.9 Å². The highest BCUT2D eigenvalue weighted by Gasteiger charge is 2.50. The maximum absolute atomic E-state index is 13.1. The number of rotatable bonds is 47. The van der Waals surface area contributed by atoms with Crippen molar-refractivity contribution in [1.82, 2.24) is 0 Å². The molecule has 0 aromatic heterocycles. The Kier molecular flexibility index (Phi) is 45.8. The van der Waals surface area contributed by atoms with Crippen molar-refractivity contribution in [3.8, 4) is 0 Å². The highest BCUT2D eigenvalue weighted by Crippen LogP contribution is 2.26. The average Bonchev–Trinajstić information content (AvgIpc) is 3.39. The first-order valence-electron chi connectivity index (χ1n) is 28.9. The third-order valence-electron chi connectivity index (χ3n) is 12.3. The normalized spacial score (nSPS) is 19.0. The van der Waals surface area contributed by atoms with Gasteiger partial charge in [0.05, 0.1) is 6.61 Å². The van der Waals surface area contributed by atoms with Crippen molar-refractivity contribution in [3.63, 3.8) is 0 Å². The van der Waals surface area contributed by atoms with Crippen LogP contribution in [0.4, 0.5) is 0 Å². The van der Waals surface area contributed by atoms with Gasteiger partial charge in [-0.25, -0.2) is 4.79 Å². The first-order valence-corrected chi connectivity index (χ1v) is 28.9. The van der Waals surface area contributed by atoms with Crippen LogP contribution in [0.25, 0.3) is 0 Å². The van der Waals surface area contributed by atoms with E-state index in [9.17, 15) is 34.5 Å². The van der Waals surface area contributed by atoms with Gasteiger partial charge >= 0.3 is 23.9 Å². The van der Waals surface area contributed by atoms with Crippen LogP contribution >= 0.6 is 0 Å². The molecule has 0 radical (unpaired) electrons. The molecule has 0 aromatic carbocycles. The number of esters is 3. The SMILES string of the molecule is CC/C=C\C/C=C\C/C=C\C/C=C\CCCCCCC(=O)OCC(COC1OC(C(=O)O)C(O)C(O)C1OC(=O)CCCCCCC/C=C\C/C=C\C/C=C\CC)OC(=O)CCCCCCC/C=C\C/C=C\CCC. The predicted molar refractivity (Wildman–Crippen MR) is 303 cm³/mol. The molecule has 1 heterocycles. The van der Waals surface area contributed by atoms with Crippen molar-refractivity contribution in [2.75, 3.05) is 13.2 Å². The van der Waals surface area contributed by atoms with E-state index in [2.05, 4.69) is 130 Å². The molecule has 0 saturated carbocycles. The third kappa shape index (κ3) is 40.3. The van der Waals surface area contributed by atoms with E-state index in [0.717, 1.165) is 154 Å². The van der Waals surface area contributed by atoms with Crippen molar-refractivity contribution in [2.24, 2.45) is 0 Å². The lowest BCUT2D eigenvalue weighted by Crippen LogP contribution is -2.61. The number of unbranched alkanes of at least 4 members (excludes halogenated alkanes) is 15. The van der Waals surface area contributed by atoms with E-state index in [-0.39, 0.29) is 25.9 Å². The molecular formula is C63H100O12. The lowest BCUT2D eigenvalue weighted by molar-refractivity contribution is -0.301. The molecule has 1 aliphatic rings. The highest BCUT2D eigenvalue weighted by molar-refractivity contribution is 5.74. The summed E-state index contributed by atoms with van der Waals surface area (Å²) in [5, 5.41) is 31.5. The molecule has 75 heavy (non-hydrogen) atoms. The van der Waals surface area contributed by atoms with Gasteiger partial charge in [0.2, 0.25) is 0 Å². The number of allylic oxidation sites excluding steroid dienone is 18. The highest BCUT2D eigenvalue weighted by atomic mass is 16.7. The molecule has 12 heteroatoms. The zero-order valence-electron chi connectivity index (χ0n) is 46.5. The van der Waals surface area contributed by atoms with Gasteiger partial charge in [-0.1, -0.05) is 188 Å². The van der Waals surface area contributed by atoms with Crippen LogP contribution in [-0.2, 0) is 42.9 Å². The number of carboxylic acids is 1. The molecule has 0 amide bonds. The second-order valence-electron chi connectivity index (χ2n) is 19.2. The number of hydrogen-bond acceptors (Lipinski definition) is 11. The van der Waals surface area contributed by atoms with Crippen molar-refractivity contribution < 1.29 is 58.2 Å². The Morgan fingerprint density at radius 3 is 1.28 bits per heavy atom. The molecule has 0 spiro atoms. The molecule has 0 bridgehead atoms. The Hall–Kier alpha value is -4.62. The smallest absolute Gasteiger partial charge is 0.335 e. The minimum Gasteiger partial charge on any atom is -0.479 e. The van der Waals surface area contributed by atoms with Crippen LogP contribution in [0.15, 0.2) is 109 Å². The van der Waals surface area contributed by atoms with Crippen LogP contribution in [0.5, 0.6) is 0 Å². The summed E-state index contributed by atoms with van der Waals surface area (Å²) < 4.78 is 28.3. The summed E-state index contributed by atoms with van der Waals surface area (Å²) in [6.07, 6.45) is 54.8. The van der Waals surface area contributed by atoms with E-state index in [1.54, 1.807) is 0 Å². The lowest BCUT2D eigenvalue weighted by Gasteiger charge is -2.40. The Morgan fingerprint density at radius 1 is 0.453 bits per heavy atom. The minimum atomic E-state index is -1.92. The van der Waals surface area contributed by atoms with Gasteiger partial charge in [-0.05, 0) is 116 Å². The van der Waals surface area contributed by atoms with Crippen LogP contribution in [0, 0.1) is 0 Å². The third-order valence-corrected chi connectivity index (χ3v) is 12.3. The topological polar surface area (TPSA) is 175 Å². The molecule has 0 aliphatic carbocycles. The van der Waals surface area contributed by atoms with Gasteiger partial charge in [0.25, 0.3) is 0 Å². The van der Waals surface area contributed by atoms with Crippen LogP contribution in [0.1, 0.15) is 213 Å². The summed E-state index contributed by atoms with van der Waals surface area (Å²) in [6.45, 7) is 5.64. The Morgan fingerprint density at radius 2 is 0.840 bits per heavy atom. The van der Waals surface area contributed by atoms with Crippen LogP contribution in [0.2, 0.25) is 0 Å². The number of ether oxygens (including phenoxy) is 5. The maximum Gasteiger partial charge on any atom is 0.335 e. The first-order chi connectivity index (χ1) is 36.6. The molecule has 12 nitrogen and oxygen atoms in total. The van der Waals surface area contributed by atoms with Gasteiger partial charge in [-0.2, -0.15) is 0 Å². The van der Waals surface area contributed by atoms with E-state index in [0.29, 0.717) is 19.3 Å². The van der Waals surface area contributed by atoms with Gasteiger partial charge < -0.3 is 39.0 Å². The monoisotopic (exact) mass is 1050 g/mol. The van der Waals surface area contributed by atoms with Gasteiger partial charge in [0, 0.05) is 19.3 Å². The van der Waals surface area contributed by atoms with Crippen molar-refractivity contribution in [3.05, 3.63) is 109 Å². The van der Waals surface area contributed by atoms with Gasteiger partial charge in [0.15, 0.2) is 24.6 Å². The number of carbonyl (C=O) groups excluding carboxylic acids is 3. The molecule has 1 aliphatic heterocycles. The second kappa shape index (κ2) is 50.2. The molecule has 424 valence electrons. The molecule has 1 rings (SSSR count). The summed E-state index contributed by atoms with van der Waals surface area (Å²) in [6, 6.07) is 0. The lowest BCUT2D eigenvalue weighted by atomic mass is 9.98. The number of carbonyl (C=O) groups is 4. The average molecular weight is 1050 g/mol. The predicted octanol–water partition coefficient (Wildman–Crippen LogP) is 14.7. The Bertz CT molecular complexity index is 1720. The number of hydrogen-bond donors (Lipinski definition) is 3. The molecule has 1 saturated heterocycles. The zero-order chi connectivity index (χ0) is 54.7. The van der Waals surface area contributed by atoms with Crippen LogP contribution < -0.4 is 0 Å². The number of carboxylic acid groups (broad SMARTS) is 1. The largest absolute Gasteiger partial charge is 0.479 e. The molecule has 6 atom stereocenters. The Balaban J connectivity index is 2.74. The summed E-state index contributed by atoms with van der Waals surface area (Å²) in [4.78, 5) is 51.1. The van der Waals surface area contributed by atoms with Crippen molar-refractivity contribution in [2.45, 2.75) is 250 Å². The molecule has 0 aromatic rings. The fraction of sp³-hybridized carbons (Fsp3) is 0.651.